The molecule has 9 heteroatoms. The SMILES string of the molecule is CCn1cc(S(=O)(=O)N(CCOC)CCOC)c(N)n1. The Balaban J connectivity index is 3.03. The van der Waals surface area contributed by atoms with Crippen molar-refractivity contribution in [3.8, 4) is 0 Å². The smallest absolute Gasteiger partial charge is 0.248 e. The topological polar surface area (TPSA) is 99.7 Å². The predicted molar refractivity (Wildman–Crippen MR) is 74.8 cm³/mol. The molecule has 20 heavy (non-hydrogen) atoms. The number of rotatable bonds is 9. The maximum absolute atomic E-state index is 12.6. The molecule has 0 aliphatic heterocycles. The van der Waals surface area contributed by atoms with Gasteiger partial charge in [-0.3, -0.25) is 4.68 Å². The van der Waals surface area contributed by atoms with E-state index in [1.807, 2.05) is 6.92 Å². The van der Waals surface area contributed by atoms with Gasteiger partial charge in [-0.05, 0) is 6.92 Å². The second-order valence-electron chi connectivity index (χ2n) is 4.12. The van der Waals surface area contributed by atoms with Crippen LogP contribution in [0.4, 0.5) is 5.82 Å². The largest absolute Gasteiger partial charge is 0.383 e. The Labute approximate surface area is 119 Å². The molecular weight excluding hydrogens is 284 g/mol. The van der Waals surface area contributed by atoms with Crippen molar-refractivity contribution in [2.24, 2.45) is 0 Å². The fourth-order valence-corrected chi connectivity index (χ4v) is 3.12. The first-order valence-corrected chi connectivity index (χ1v) is 7.72. The van der Waals surface area contributed by atoms with Gasteiger partial charge in [0.2, 0.25) is 10.0 Å². The third-order valence-electron chi connectivity index (χ3n) is 2.79. The van der Waals surface area contributed by atoms with E-state index in [2.05, 4.69) is 5.10 Å². The number of anilines is 1. The van der Waals surface area contributed by atoms with Crippen LogP contribution in [0.15, 0.2) is 11.1 Å². The molecule has 0 saturated heterocycles. The maximum atomic E-state index is 12.6. The molecule has 8 nitrogen and oxygen atoms in total. The van der Waals surface area contributed by atoms with Crippen LogP contribution in [0.2, 0.25) is 0 Å². The van der Waals surface area contributed by atoms with Gasteiger partial charge in [-0.15, -0.1) is 0 Å². The van der Waals surface area contributed by atoms with Crippen molar-refractivity contribution in [1.29, 1.82) is 0 Å². The molecule has 116 valence electrons. The van der Waals surface area contributed by atoms with Gasteiger partial charge in [-0.25, -0.2) is 8.42 Å². The van der Waals surface area contributed by atoms with E-state index in [0.717, 1.165) is 0 Å². The van der Waals surface area contributed by atoms with Gasteiger partial charge >= 0.3 is 0 Å². The Morgan fingerprint density at radius 1 is 1.30 bits per heavy atom. The molecule has 1 heterocycles. The van der Waals surface area contributed by atoms with E-state index in [1.54, 1.807) is 0 Å². The summed E-state index contributed by atoms with van der Waals surface area (Å²) in [6, 6.07) is 0. The van der Waals surface area contributed by atoms with E-state index in [4.69, 9.17) is 15.2 Å². The van der Waals surface area contributed by atoms with E-state index >= 15 is 0 Å². The molecule has 2 N–H and O–H groups in total. The molecule has 0 atom stereocenters. The molecule has 0 aliphatic rings. The Bertz CT molecular complexity index is 506. The number of sulfonamides is 1. The van der Waals surface area contributed by atoms with Gasteiger partial charge < -0.3 is 15.2 Å². The maximum Gasteiger partial charge on any atom is 0.248 e. The monoisotopic (exact) mass is 306 g/mol. The Kier molecular flexibility index (Phi) is 6.40. The average molecular weight is 306 g/mol. The summed E-state index contributed by atoms with van der Waals surface area (Å²) in [6.07, 6.45) is 1.44. The summed E-state index contributed by atoms with van der Waals surface area (Å²) in [6.45, 7) is 3.47. The molecule has 0 amide bonds. The van der Waals surface area contributed by atoms with Crippen molar-refractivity contribution in [3.05, 3.63) is 6.20 Å². The molecule has 1 aromatic heterocycles. The summed E-state index contributed by atoms with van der Waals surface area (Å²) in [5, 5.41) is 3.96. The highest BCUT2D eigenvalue weighted by molar-refractivity contribution is 7.89. The fourth-order valence-electron chi connectivity index (χ4n) is 1.66. The number of ether oxygens (including phenoxy) is 2. The average Bonchev–Trinajstić information content (AvgIpc) is 2.80. The molecule has 0 saturated carbocycles. The van der Waals surface area contributed by atoms with Crippen LogP contribution in [0, 0.1) is 0 Å². The summed E-state index contributed by atoms with van der Waals surface area (Å²) in [4.78, 5) is 0.0200. The fraction of sp³-hybridized carbons (Fsp3) is 0.727. The number of hydrogen-bond acceptors (Lipinski definition) is 6. The van der Waals surface area contributed by atoms with Crippen molar-refractivity contribution >= 4 is 15.8 Å². The lowest BCUT2D eigenvalue weighted by atomic mass is 10.6. The number of nitrogens with two attached hydrogens (primary N) is 1. The zero-order valence-electron chi connectivity index (χ0n) is 12.1. The van der Waals surface area contributed by atoms with Gasteiger partial charge in [-0.2, -0.15) is 9.40 Å². The van der Waals surface area contributed by atoms with Crippen LogP contribution in [0.5, 0.6) is 0 Å². The highest BCUT2D eigenvalue weighted by atomic mass is 32.2. The molecule has 0 aliphatic carbocycles. The zero-order valence-corrected chi connectivity index (χ0v) is 12.9. The van der Waals surface area contributed by atoms with E-state index in [0.29, 0.717) is 19.8 Å². The highest BCUT2D eigenvalue weighted by Crippen LogP contribution is 2.21. The molecule has 0 bridgehead atoms. The summed E-state index contributed by atoms with van der Waals surface area (Å²) < 4.78 is 37.8. The third kappa shape index (κ3) is 3.92. The van der Waals surface area contributed by atoms with Crippen LogP contribution in [-0.4, -0.2) is 63.0 Å². The lowest BCUT2D eigenvalue weighted by Crippen LogP contribution is -2.36. The van der Waals surface area contributed by atoms with E-state index < -0.39 is 10.0 Å². The number of aromatic nitrogens is 2. The number of aryl methyl sites for hydroxylation is 1. The third-order valence-corrected chi connectivity index (χ3v) is 4.70. The first-order chi connectivity index (χ1) is 9.47. The van der Waals surface area contributed by atoms with Crippen molar-refractivity contribution in [1.82, 2.24) is 14.1 Å². The number of nitrogen functional groups attached to an aromatic ring is 1. The molecule has 1 aromatic rings. The van der Waals surface area contributed by atoms with Gasteiger partial charge in [0.05, 0.1) is 13.2 Å². The van der Waals surface area contributed by atoms with Crippen LogP contribution in [0.25, 0.3) is 0 Å². The second kappa shape index (κ2) is 7.58. The van der Waals surface area contributed by atoms with Gasteiger partial charge in [0, 0.05) is 40.1 Å². The highest BCUT2D eigenvalue weighted by Gasteiger charge is 2.28. The first-order valence-electron chi connectivity index (χ1n) is 6.28. The second-order valence-corrected chi connectivity index (χ2v) is 6.03. The van der Waals surface area contributed by atoms with Crippen LogP contribution in [0.1, 0.15) is 6.92 Å². The van der Waals surface area contributed by atoms with Gasteiger partial charge in [0.1, 0.15) is 4.90 Å². The van der Waals surface area contributed by atoms with Gasteiger partial charge in [0.25, 0.3) is 0 Å². The van der Waals surface area contributed by atoms with Crippen LogP contribution in [0.3, 0.4) is 0 Å². The van der Waals surface area contributed by atoms with Crippen LogP contribution in [-0.2, 0) is 26.0 Å². The minimum Gasteiger partial charge on any atom is -0.383 e. The number of methoxy groups -OCH3 is 2. The lowest BCUT2D eigenvalue weighted by Gasteiger charge is -2.20. The summed E-state index contributed by atoms with van der Waals surface area (Å²) in [5.41, 5.74) is 5.70. The molecule has 0 spiro atoms. The van der Waals surface area contributed by atoms with Crippen molar-refractivity contribution < 1.29 is 17.9 Å². The molecule has 0 fully saturated rings. The number of nitrogens with zero attached hydrogens (tertiary/aromatic N) is 3. The normalized spacial score (nSPS) is 12.2. The Morgan fingerprint density at radius 3 is 2.25 bits per heavy atom. The minimum atomic E-state index is -3.70. The van der Waals surface area contributed by atoms with E-state index in [-0.39, 0.29) is 23.8 Å². The standard InChI is InChI=1S/C11H22N4O4S/c1-4-14-9-10(11(12)13-14)20(16,17)15(5-7-18-2)6-8-19-3/h9H,4-8H2,1-3H3,(H2,12,13). The summed E-state index contributed by atoms with van der Waals surface area (Å²) in [5.74, 6) is 0.00619. The minimum absolute atomic E-state index is 0.00619. The molecular formula is C11H22N4O4S. The Hall–Kier alpha value is -1.16. The quantitative estimate of drug-likeness (QED) is 0.676. The lowest BCUT2D eigenvalue weighted by molar-refractivity contribution is 0.150. The van der Waals surface area contributed by atoms with Crippen LogP contribution < -0.4 is 5.73 Å². The van der Waals surface area contributed by atoms with Crippen molar-refractivity contribution in [3.63, 3.8) is 0 Å². The van der Waals surface area contributed by atoms with Crippen molar-refractivity contribution in [2.75, 3.05) is 46.3 Å². The first kappa shape index (κ1) is 16.9. The predicted octanol–water partition coefficient (Wildman–Crippen LogP) is -0.231. The summed E-state index contributed by atoms with van der Waals surface area (Å²) in [7, 11) is -0.664. The summed E-state index contributed by atoms with van der Waals surface area (Å²) >= 11 is 0. The molecule has 0 unspecified atom stereocenters. The molecule has 1 rings (SSSR count). The van der Waals surface area contributed by atoms with E-state index in [9.17, 15) is 8.42 Å². The van der Waals surface area contributed by atoms with Gasteiger partial charge in [0.15, 0.2) is 5.82 Å². The number of hydrogen-bond donors (Lipinski definition) is 1. The molecule has 0 aromatic carbocycles. The zero-order chi connectivity index (χ0) is 15.2. The van der Waals surface area contributed by atoms with Crippen molar-refractivity contribution in [2.45, 2.75) is 18.4 Å². The molecule has 0 radical (unpaired) electrons. The Morgan fingerprint density at radius 2 is 1.85 bits per heavy atom. The van der Waals surface area contributed by atoms with Crippen LogP contribution >= 0.6 is 0 Å². The van der Waals surface area contributed by atoms with E-state index in [1.165, 1.54) is 29.4 Å². The van der Waals surface area contributed by atoms with Gasteiger partial charge in [-0.1, -0.05) is 0 Å².